The first-order valence-electron chi connectivity index (χ1n) is 12.1. The van der Waals surface area contributed by atoms with Gasteiger partial charge in [0.2, 0.25) is 0 Å². The quantitative estimate of drug-likeness (QED) is 0.312. The van der Waals surface area contributed by atoms with Crippen LogP contribution in [0.1, 0.15) is 41.7 Å². The molecule has 0 aliphatic carbocycles. The van der Waals surface area contributed by atoms with E-state index in [1.807, 2.05) is 49.5 Å². The normalized spacial score (nSPS) is 17.2. The number of nitrogens with zero attached hydrogens (tertiary/aromatic N) is 3. The summed E-state index contributed by atoms with van der Waals surface area (Å²) in [4.78, 5) is 6.88. The van der Waals surface area contributed by atoms with Crippen LogP contribution in [-0.4, -0.2) is 28.4 Å². The van der Waals surface area contributed by atoms with E-state index >= 15 is 0 Å². The lowest BCUT2D eigenvalue weighted by Crippen LogP contribution is -2.29. The summed E-state index contributed by atoms with van der Waals surface area (Å²) >= 11 is 5.90. The molecule has 6 nitrogen and oxygen atoms in total. The Hall–Kier alpha value is -3.84. The SMILES string of the molecule is CCOc1ccc(N2C(=S)N[C@@H](c3ccccn3)[C@@H]2c2cc(C)n(-c3cccc(OC)c3)c2C)cc1. The predicted molar refractivity (Wildman–Crippen MR) is 147 cm³/mol. The van der Waals surface area contributed by atoms with Gasteiger partial charge in [0, 0.05) is 35.0 Å². The number of pyridine rings is 1. The second-order valence-electron chi connectivity index (χ2n) is 8.79. The van der Waals surface area contributed by atoms with E-state index in [1.54, 1.807) is 7.11 Å². The maximum Gasteiger partial charge on any atom is 0.174 e. The number of rotatable bonds is 7. The third-order valence-electron chi connectivity index (χ3n) is 6.62. The maximum absolute atomic E-state index is 5.90. The summed E-state index contributed by atoms with van der Waals surface area (Å²) in [6.07, 6.45) is 1.83. The number of aryl methyl sites for hydroxylation is 1. The van der Waals surface area contributed by atoms with Gasteiger partial charge in [-0.2, -0.15) is 0 Å². The van der Waals surface area contributed by atoms with Crippen LogP contribution >= 0.6 is 12.2 Å². The van der Waals surface area contributed by atoms with Crippen LogP contribution in [0.5, 0.6) is 11.5 Å². The Bertz CT molecular complexity index is 1370. The molecule has 1 N–H and O–H groups in total. The summed E-state index contributed by atoms with van der Waals surface area (Å²) < 4.78 is 13.4. The second-order valence-corrected chi connectivity index (χ2v) is 9.17. The molecule has 7 heteroatoms. The average Bonchev–Trinajstić information content (AvgIpc) is 3.40. The van der Waals surface area contributed by atoms with Crippen LogP contribution in [0.15, 0.2) is 79.0 Å². The average molecular weight is 499 g/mol. The highest BCUT2D eigenvalue weighted by molar-refractivity contribution is 7.80. The Morgan fingerprint density at radius 3 is 2.44 bits per heavy atom. The van der Waals surface area contributed by atoms with Gasteiger partial charge >= 0.3 is 0 Å². The molecule has 3 heterocycles. The first kappa shape index (κ1) is 23.9. The van der Waals surface area contributed by atoms with Crippen molar-refractivity contribution in [3.05, 3.63) is 102 Å². The lowest BCUT2D eigenvalue weighted by molar-refractivity contribution is 0.340. The lowest BCUT2D eigenvalue weighted by Gasteiger charge is -2.28. The second kappa shape index (κ2) is 10.0. The number of benzene rings is 2. The molecule has 1 aliphatic heterocycles. The van der Waals surface area contributed by atoms with E-state index in [9.17, 15) is 0 Å². The lowest BCUT2D eigenvalue weighted by atomic mass is 9.96. The number of nitrogens with one attached hydrogen (secondary N) is 1. The van der Waals surface area contributed by atoms with E-state index in [1.165, 1.54) is 5.56 Å². The van der Waals surface area contributed by atoms with Crippen molar-refractivity contribution in [3.63, 3.8) is 0 Å². The van der Waals surface area contributed by atoms with Crippen molar-refractivity contribution in [1.82, 2.24) is 14.9 Å². The molecule has 2 atom stereocenters. The zero-order valence-electron chi connectivity index (χ0n) is 20.9. The van der Waals surface area contributed by atoms with Gasteiger partial charge in [-0.05, 0) is 93.1 Å². The fraction of sp³-hybridized carbons (Fsp3) is 0.241. The van der Waals surface area contributed by atoms with Gasteiger partial charge in [0.15, 0.2) is 5.11 Å². The summed E-state index contributed by atoms with van der Waals surface area (Å²) in [6.45, 7) is 6.91. The summed E-state index contributed by atoms with van der Waals surface area (Å²) in [5.41, 5.74) is 6.49. The van der Waals surface area contributed by atoms with Gasteiger partial charge in [-0.1, -0.05) is 12.1 Å². The van der Waals surface area contributed by atoms with Gasteiger partial charge in [0.05, 0.1) is 31.5 Å². The summed E-state index contributed by atoms with van der Waals surface area (Å²) in [7, 11) is 1.69. The molecule has 5 rings (SSSR count). The van der Waals surface area contributed by atoms with E-state index in [4.69, 9.17) is 21.7 Å². The topological polar surface area (TPSA) is 51.5 Å². The predicted octanol–water partition coefficient (Wildman–Crippen LogP) is 6.07. The highest BCUT2D eigenvalue weighted by Gasteiger charge is 2.42. The number of thiocarbonyl (C=S) groups is 1. The van der Waals surface area contributed by atoms with Crippen LogP contribution < -0.4 is 19.7 Å². The Morgan fingerprint density at radius 2 is 1.75 bits per heavy atom. The molecule has 0 radical (unpaired) electrons. The van der Waals surface area contributed by atoms with Crippen LogP contribution in [0.25, 0.3) is 5.69 Å². The maximum atomic E-state index is 5.90. The molecule has 1 saturated heterocycles. The van der Waals surface area contributed by atoms with Crippen LogP contribution in [0, 0.1) is 13.8 Å². The van der Waals surface area contributed by atoms with Crippen LogP contribution in [-0.2, 0) is 0 Å². The number of hydrogen-bond donors (Lipinski definition) is 1. The summed E-state index contributed by atoms with van der Waals surface area (Å²) in [6, 6.07) is 24.3. The zero-order chi connectivity index (χ0) is 25.2. The van der Waals surface area contributed by atoms with Crippen molar-refractivity contribution in [1.29, 1.82) is 0 Å². The van der Waals surface area contributed by atoms with Crippen molar-refractivity contribution in [3.8, 4) is 17.2 Å². The van der Waals surface area contributed by atoms with Crippen molar-refractivity contribution in [2.45, 2.75) is 32.9 Å². The molecule has 1 fully saturated rings. The first-order chi connectivity index (χ1) is 17.5. The number of methoxy groups -OCH3 is 1. The van der Waals surface area contributed by atoms with Gasteiger partial charge in [-0.3, -0.25) is 4.98 Å². The van der Waals surface area contributed by atoms with Gasteiger partial charge in [-0.15, -0.1) is 0 Å². The molecule has 0 saturated carbocycles. The van der Waals surface area contributed by atoms with E-state index in [-0.39, 0.29) is 12.1 Å². The minimum atomic E-state index is -0.107. The molecular formula is C29H30N4O2S. The highest BCUT2D eigenvalue weighted by Crippen LogP contribution is 2.44. The summed E-state index contributed by atoms with van der Waals surface area (Å²) in [5, 5.41) is 4.23. The minimum Gasteiger partial charge on any atom is -0.497 e. The Morgan fingerprint density at radius 1 is 0.944 bits per heavy atom. The molecule has 0 amide bonds. The molecule has 184 valence electrons. The molecule has 2 aromatic carbocycles. The fourth-order valence-corrected chi connectivity index (χ4v) is 5.40. The number of aromatic nitrogens is 2. The number of hydrogen-bond acceptors (Lipinski definition) is 4. The van der Waals surface area contributed by atoms with Gasteiger partial charge in [0.1, 0.15) is 11.5 Å². The van der Waals surface area contributed by atoms with E-state index in [0.29, 0.717) is 11.7 Å². The molecule has 0 spiro atoms. The molecule has 36 heavy (non-hydrogen) atoms. The highest BCUT2D eigenvalue weighted by atomic mass is 32.1. The van der Waals surface area contributed by atoms with Crippen LogP contribution in [0.2, 0.25) is 0 Å². The molecule has 1 aliphatic rings. The first-order valence-corrected chi connectivity index (χ1v) is 12.5. The standard InChI is InChI=1S/C29H30N4O2S/c1-5-35-23-14-12-21(13-15-23)33-28(27(31-29(33)36)26-11-6-7-16-30-26)25-17-19(2)32(20(25)3)22-9-8-10-24(18-22)34-4/h6-18,27-28H,5H2,1-4H3,(H,31,36)/t27-,28-/m0/s1. The van der Waals surface area contributed by atoms with E-state index in [0.717, 1.165) is 40.0 Å². The third-order valence-corrected chi connectivity index (χ3v) is 6.94. The van der Waals surface area contributed by atoms with Crippen LogP contribution in [0.3, 0.4) is 0 Å². The Kier molecular flexibility index (Phi) is 6.65. The minimum absolute atomic E-state index is 0.0871. The van der Waals surface area contributed by atoms with Crippen LogP contribution in [0.4, 0.5) is 5.69 Å². The third kappa shape index (κ3) is 4.31. The zero-order valence-corrected chi connectivity index (χ0v) is 21.8. The largest absolute Gasteiger partial charge is 0.497 e. The van der Waals surface area contributed by atoms with Gasteiger partial charge in [0.25, 0.3) is 0 Å². The summed E-state index contributed by atoms with van der Waals surface area (Å²) in [5.74, 6) is 1.67. The van der Waals surface area contributed by atoms with Gasteiger partial charge < -0.3 is 24.3 Å². The Labute approximate surface area is 217 Å². The monoisotopic (exact) mass is 498 g/mol. The van der Waals surface area contributed by atoms with E-state index in [2.05, 4.69) is 70.0 Å². The molecule has 0 bridgehead atoms. The molecule has 4 aromatic rings. The Balaban J connectivity index is 1.64. The van der Waals surface area contributed by atoms with Crippen molar-refractivity contribution in [2.24, 2.45) is 0 Å². The molecular weight excluding hydrogens is 468 g/mol. The fourth-order valence-electron chi connectivity index (χ4n) is 5.05. The van der Waals surface area contributed by atoms with Crippen molar-refractivity contribution in [2.75, 3.05) is 18.6 Å². The smallest absolute Gasteiger partial charge is 0.174 e. The van der Waals surface area contributed by atoms with E-state index < -0.39 is 0 Å². The number of ether oxygens (including phenoxy) is 2. The van der Waals surface area contributed by atoms with Gasteiger partial charge in [-0.25, -0.2) is 0 Å². The molecule has 2 aromatic heterocycles. The van der Waals surface area contributed by atoms with Crippen molar-refractivity contribution >= 4 is 23.0 Å². The van der Waals surface area contributed by atoms with Crippen molar-refractivity contribution < 1.29 is 9.47 Å². The number of anilines is 1. The molecule has 0 unspecified atom stereocenters.